The van der Waals surface area contributed by atoms with Gasteiger partial charge in [0.15, 0.2) is 5.82 Å². The molecule has 0 amide bonds. The quantitative estimate of drug-likeness (QED) is 0.587. The molecule has 7 heteroatoms. The molecule has 0 spiro atoms. The predicted molar refractivity (Wildman–Crippen MR) is 92.9 cm³/mol. The molecule has 1 aliphatic heterocycles. The molecule has 1 atom stereocenters. The highest BCUT2D eigenvalue weighted by atomic mass is 79.9. The van der Waals surface area contributed by atoms with E-state index in [2.05, 4.69) is 25.9 Å². The average Bonchev–Trinajstić information content (AvgIpc) is 3.09. The van der Waals surface area contributed by atoms with Gasteiger partial charge < -0.3 is 4.90 Å². The fourth-order valence-corrected chi connectivity index (χ4v) is 3.69. The Kier molecular flexibility index (Phi) is 4.11. The summed E-state index contributed by atoms with van der Waals surface area (Å²) in [6.45, 7) is 0.666. The number of aromatic nitrogens is 2. The Morgan fingerprint density at radius 1 is 1.08 bits per heavy atom. The van der Waals surface area contributed by atoms with E-state index in [-0.39, 0.29) is 10.5 Å². The monoisotopic (exact) mass is 407 g/mol. The lowest BCUT2D eigenvalue weighted by atomic mass is 10.0. The Labute approximate surface area is 150 Å². The minimum Gasteiger partial charge on any atom is -0.349 e. The van der Waals surface area contributed by atoms with Crippen molar-refractivity contribution < 1.29 is 13.2 Å². The van der Waals surface area contributed by atoms with E-state index in [1.54, 1.807) is 12.1 Å². The maximum Gasteiger partial charge on any atom is 0.157 e. The summed E-state index contributed by atoms with van der Waals surface area (Å²) in [7, 11) is 0. The number of hydrogen-bond donors (Lipinski definition) is 0. The Balaban J connectivity index is 1.79. The van der Waals surface area contributed by atoms with E-state index in [0.717, 1.165) is 24.8 Å². The van der Waals surface area contributed by atoms with Crippen molar-refractivity contribution in [2.24, 2.45) is 0 Å². The lowest BCUT2D eigenvalue weighted by molar-refractivity contribution is 0.560. The molecular formula is C18H13BrF3N3. The van der Waals surface area contributed by atoms with Gasteiger partial charge in [-0.15, -0.1) is 0 Å². The fourth-order valence-electron chi connectivity index (χ4n) is 3.30. The molecule has 0 unspecified atom stereocenters. The van der Waals surface area contributed by atoms with Crippen LogP contribution < -0.4 is 4.90 Å². The lowest BCUT2D eigenvalue weighted by Gasteiger charge is -2.26. The standard InChI is InChI=1S/C18H13BrF3N3/c19-17-13(22)9-23-14-5-6-16(24-18(14)17)25-7-1-2-15(25)11-8-10(20)3-4-12(11)21/h3-6,8-9,15H,1-2,7H2/t15-/m1/s1. The van der Waals surface area contributed by atoms with E-state index in [1.165, 1.54) is 6.07 Å². The van der Waals surface area contributed by atoms with Crippen LogP contribution in [-0.4, -0.2) is 16.5 Å². The van der Waals surface area contributed by atoms with Crippen LogP contribution in [0.3, 0.4) is 0 Å². The summed E-state index contributed by atoms with van der Waals surface area (Å²) in [4.78, 5) is 10.4. The van der Waals surface area contributed by atoms with Gasteiger partial charge in [0.05, 0.1) is 22.2 Å². The van der Waals surface area contributed by atoms with Crippen molar-refractivity contribution in [2.75, 3.05) is 11.4 Å². The van der Waals surface area contributed by atoms with Gasteiger partial charge in [0.1, 0.15) is 23.0 Å². The molecule has 0 saturated carbocycles. The van der Waals surface area contributed by atoms with Crippen LogP contribution in [-0.2, 0) is 0 Å². The second kappa shape index (κ2) is 6.29. The van der Waals surface area contributed by atoms with Crippen LogP contribution in [0, 0.1) is 17.5 Å². The number of nitrogens with zero attached hydrogens (tertiary/aromatic N) is 3. The summed E-state index contributed by atoms with van der Waals surface area (Å²) in [5.41, 5.74) is 1.28. The van der Waals surface area contributed by atoms with Gasteiger partial charge in [-0.25, -0.2) is 18.2 Å². The third kappa shape index (κ3) is 2.86. The molecule has 25 heavy (non-hydrogen) atoms. The van der Waals surface area contributed by atoms with Crippen LogP contribution in [0.1, 0.15) is 24.4 Å². The van der Waals surface area contributed by atoms with Gasteiger partial charge in [0.2, 0.25) is 0 Å². The number of rotatable bonds is 2. The summed E-state index contributed by atoms with van der Waals surface area (Å²) in [6.07, 6.45) is 2.67. The number of pyridine rings is 2. The summed E-state index contributed by atoms with van der Waals surface area (Å²) in [5.74, 6) is -0.810. The van der Waals surface area contributed by atoms with E-state index in [1.807, 2.05) is 4.90 Å². The molecular weight excluding hydrogens is 395 g/mol. The number of halogens is 4. The van der Waals surface area contributed by atoms with E-state index < -0.39 is 17.5 Å². The van der Waals surface area contributed by atoms with Gasteiger partial charge >= 0.3 is 0 Å². The smallest absolute Gasteiger partial charge is 0.157 e. The summed E-state index contributed by atoms with van der Waals surface area (Å²) >= 11 is 3.20. The zero-order valence-electron chi connectivity index (χ0n) is 13.0. The van der Waals surface area contributed by atoms with Crippen LogP contribution in [0.4, 0.5) is 19.0 Å². The van der Waals surface area contributed by atoms with Crippen LogP contribution in [0.2, 0.25) is 0 Å². The van der Waals surface area contributed by atoms with Crippen molar-refractivity contribution in [1.29, 1.82) is 0 Å². The predicted octanol–water partition coefficient (Wildman–Crippen LogP) is 5.15. The van der Waals surface area contributed by atoms with Crippen molar-refractivity contribution in [2.45, 2.75) is 18.9 Å². The number of benzene rings is 1. The highest BCUT2D eigenvalue weighted by Gasteiger charge is 2.29. The number of fused-ring (bicyclic) bond motifs is 1. The third-order valence-corrected chi connectivity index (χ3v) is 5.21. The van der Waals surface area contributed by atoms with Crippen LogP contribution >= 0.6 is 15.9 Å². The molecule has 3 nitrogen and oxygen atoms in total. The zero-order chi connectivity index (χ0) is 17.6. The average molecular weight is 408 g/mol. The molecule has 0 aliphatic carbocycles. The lowest BCUT2D eigenvalue weighted by Crippen LogP contribution is -2.24. The summed E-state index contributed by atoms with van der Waals surface area (Å²) < 4.78 is 41.8. The van der Waals surface area contributed by atoms with Gasteiger partial charge in [-0.1, -0.05) is 0 Å². The van der Waals surface area contributed by atoms with Gasteiger partial charge in [0.25, 0.3) is 0 Å². The first-order chi connectivity index (χ1) is 12.0. The first kappa shape index (κ1) is 16.3. The molecule has 1 saturated heterocycles. The first-order valence-corrected chi connectivity index (χ1v) is 8.66. The van der Waals surface area contributed by atoms with Crippen molar-refractivity contribution in [3.8, 4) is 0 Å². The highest BCUT2D eigenvalue weighted by Crippen LogP contribution is 2.37. The maximum absolute atomic E-state index is 14.2. The normalized spacial score (nSPS) is 17.4. The van der Waals surface area contributed by atoms with E-state index in [4.69, 9.17) is 0 Å². The van der Waals surface area contributed by atoms with Gasteiger partial charge in [0, 0.05) is 12.1 Å². The van der Waals surface area contributed by atoms with Crippen LogP contribution in [0.25, 0.3) is 11.0 Å². The number of anilines is 1. The SMILES string of the molecule is Fc1ccc(F)c([C@H]2CCCN2c2ccc3ncc(F)c(Br)c3n2)c1. The summed E-state index contributed by atoms with van der Waals surface area (Å²) in [5, 5.41) is 0. The third-order valence-electron chi connectivity index (χ3n) is 4.46. The second-order valence-electron chi connectivity index (χ2n) is 5.97. The zero-order valence-corrected chi connectivity index (χ0v) is 14.6. The Morgan fingerprint density at radius 3 is 2.76 bits per heavy atom. The minimum absolute atomic E-state index is 0.243. The molecule has 2 aromatic heterocycles. The van der Waals surface area contributed by atoms with Crippen LogP contribution in [0.15, 0.2) is 41.0 Å². The van der Waals surface area contributed by atoms with Crippen molar-refractivity contribution in [3.63, 3.8) is 0 Å². The van der Waals surface area contributed by atoms with E-state index in [9.17, 15) is 13.2 Å². The van der Waals surface area contributed by atoms with Crippen molar-refractivity contribution in [1.82, 2.24) is 9.97 Å². The highest BCUT2D eigenvalue weighted by molar-refractivity contribution is 9.10. The first-order valence-electron chi connectivity index (χ1n) is 7.87. The van der Waals surface area contributed by atoms with E-state index in [0.29, 0.717) is 35.4 Å². The summed E-state index contributed by atoms with van der Waals surface area (Å²) in [6, 6.07) is 6.70. The molecule has 0 N–H and O–H groups in total. The second-order valence-corrected chi connectivity index (χ2v) is 6.77. The molecule has 3 heterocycles. The van der Waals surface area contributed by atoms with E-state index >= 15 is 0 Å². The molecule has 1 aliphatic rings. The molecule has 128 valence electrons. The maximum atomic E-state index is 14.2. The fraction of sp³-hybridized carbons (Fsp3) is 0.222. The Bertz CT molecular complexity index is 964. The minimum atomic E-state index is -0.494. The van der Waals surface area contributed by atoms with Gasteiger partial charge in [-0.2, -0.15) is 0 Å². The number of hydrogen-bond acceptors (Lipinski definition) is 3. The van der Waals surface area contributed by atoms with Crippen LogP contribution in [0.5, 0.6) is 0 Å². The molecule has 1 aromatic carbocycles. The molecule has 3 aromatic rings. The van der Waals surface area contributed by atoms with Gasteiger partial charge in [-0.05, 0) is 59.1 Å². The molecule has 0 bridgehead atoms. The molecule has 4 rings (SSSR count). The van der Waals surface area contributed by atoms with Crippen molar-refractivity contribution >= 4 is 32.8 Å². The molecule has 0 radical (unpaired) electrons. The van der Waals surface area contributed by atoms with Gasteiger partial charge in [-0.3, -0.25) is 4.98 Å². The Morgan fingerprint density at radius 2 is 1.92 bits per heavy atom. The Hall–Kier alpha value is -2.15. The van der Waals surface area contributed by atoms with Crippen molar-refractivity contribution in [3.05, 3.63) is 64.0 Å². The topological polar surface area (TPSA) is 29.0 Å². The largest absolute Gasteiger partial charge is 0.349 e. The molecule has 1 fully saturated rings.